The highest BCUT2D eigenvalue weighted by Crippen LogP contribution is 2.30. The van der Waals surface area contributed by atoms with Crippen LogP contribution in [0.3, 0.4) is 0 Å². The quantitative estimate of drug-likeness (QED) is 0.892. The number of amides is 1. The first-order chi connectivity index (χ1) is 12.7. The van der Waals surface area contributed by atoms with Crippen molar-refractivity contribution in [1.82, 2.24) is 4.90 Å². The number of anilines is 2. The maximum absolute atomic E-state index is 13.8. The lowest BCUT2D eigenvalue weighted by atomic mass is 10.2. The lowest BCUT2D eigenvalue weighted by Gasteiger charge is -2.36. The Morgan fingerprint density at radius 1 is 1.04 bits per heavy atom. The van der Waals surface area contributed by atoms with E-state index in [1.54, 1.807) is 12.1 Å². The fourth-order valence-electron chi connectivity index (χ4n) is 3.48. The molecule has 2 fully saturated rings. The number of hydrogen-bond acceptors (Lipinski definition) is 3. The van der Waals surface area contributed by atoms with Crippen LogP contribution in [0.2, 0.25) is 0 Å². The average Bonchev–Trinajstić information content (AvgIpc) is 3.47. The van der Waals surface area contributed by atoms with Gasteiger partial charge in [-0.2, -0.15) is 0 Å². The van der Waals surface area contributed by atoms with Crippen LogP contribution in [0.5, 0.6) is 0 Å². The highest BCUT2D eigenvalue weighted by molar-refractivity contribution is 6.04. The van der Waals surface area contributed by atoms with Crippen molar-refractivity contribution in [2.75, 3.05) is 42.9 Å². The topological polar surface area (TPSA) is 35.6 Å². The summed E-state index contributed by atoms with van der Waals surface area (Å²) in [4.78, 5) is 17.2. The predicted octanol–water partition coefficient (Wildman–Crippen LogP) is 3.61. The monoisotopic (exact) mass is 353 g/mol. The number of rotatable bonds is 5. The molecule has 1 saturated carbocycles. The van der Waals surface area contributed by atoms with Gasteiger partial charge in [0.1, 0.15) is 5.82 Å². The second-order valence-corrected chi connectivity index (χ2v) is 7.22. The maximum atomic E-state index is 13.8. The molecule has 2 aliphatic rings. The van der Waals surface area contributed by atoms with Crippen molar-refractivity contribution in [3.63, 3.8) is 0 Å². The molecule has 0 bridgehead atoms. The van der Waals surface area contributed by atoms with Crippen LogP contribution in [-0.4, -0.2) is 43.5 Å². The number of benzene rings is 2. The number of hydrogen-bond donors (Lipinski definition) is 1. The van der Waals surface area contributed by atoms with Crippen LogP contribution in [0.4, 0.5) is 15.8 Å². The molecular weight excluding hydrogens is 329 g/mol. The molecule has 2 aromatic rings. The third-order valence-corrected chi connectivity index (χ3v) is 5.17. The Kier molecular flexibility index (Phi) is 4.89. The van der Waals surface area contributed by atoms with E-state index in [0.717, 1.165) is 37.8 Å². The van der Waals surface area contributed by atoms with Crippen LogP contribution < -0.4 is 10.2 Å². The van der Waals surface area contributed by atoms with Crippen LogP contribution in [0.15, 0.2) is 48.5 Å². The number of piperazine rings is 1. The number of carbonyl (C=O) groups is 1. The van der Waals surface area contributed by atoms with Gasteiger partial charge in [-0.05, 0) is 49.1 Å². The fraction of sp³-hybridized carbons (Fsp3) is 0.381. The van der Waals surface area contributed by atoms with Crippen molar-refractivity contribution in [1.29, 1.82) is 0 Å². The zero-order valence-corrected chi connectivity index (χ0v) is 14.8. The van der Waals surface area contributed by atoms with Gasteiger partial charge in [-0.25, -0.2) is 4.39 Å². The highest BCUT2D eigenvalue weighted by Gasteiger charge is 2.26. The Morgan fingerprint density at radius 3 is 2.54 bits per heavy atom. The van der Waals surface area contributed by atoms with Crippen molar-refractivity contribution >= 4 is 17.3 Å². The van der Waals surface area contributed by atoms with Gasteiger partial charge in [0.2, 0.25) is 0 Å². The molecule has 26 heavy (non-hydrogen) atoms. The first-order valence-electron chi connectivity index (χ1n) is 9.32. The Hall–Kier alpha value is -2.40. The number of nitrogens with zero attached hydrogens (tertiary/aromatic N) is 2. The van der Waals surface area contributed by atoms with E-state index in [-0.39, 0.29) is 5.56 Å². The second kappa shape index (κ2) is 7.46. The fourth-order valence-corrected chi connectivity index (χ4v) is 3.48. The molecule has 1 aliphatic carbocycles. The summed E-state index contributed by atoms with van der Waals surface area (Å²) < 4.78 is 13.8. The minimum Gasteiger partial charge on any atom is -0.369 e. The molecule has 0 aromatic heterocycles. The molecule has 1 heterocycles. The molecule has 2 aromatic carbocycles. The van der Waals surface area contributed by atoms with Gasteiger partial charge in [-0.15, -0.1) is 0 Å². The molecule has 1 aliphatic heterocycles. The summed E-state index contributed by atoms with van der Waals surface area (Å²) in [6.45, 7) is 5.41. The molecule has 4 rings (SSSR count). The largest absolute Gasteiger partial charge is 0.369 e. The van der Waals surface area contributed by atoms with Crippen LogP contribution in [0.1, 0.15) is 23.2 Å². The molecule has 1 amide bonds. The number of nitrogens with one attached hydrogen (secondary N) is 1. The Labute approximate surface area is 153 Å². The average molecular weight is 353 g/mol. The molecule has 0 spiro atoms. The first kappa shape index (κ1) is 17.0. The number of halogens is 1. The van der Waals surface area contributed by atoms with Gasteiger partial charge >= 0.3 is 0 Å². The van der Waals surface area contributed by atoms with E-state index in [1.165, 1.54) is 31.5 Å². The van der Waals surface area contributed by atoms with Gasteiger partial charge in [-0.3, -0.25) is 9.69 Å². The van der Waals surface area contributed by atoms with Gasteiger partial charge in [0.15, 0.2) is 0 Å². The SMILES string of the molecule is O=C(Nc1cccc(N2CCN(CC3CC3)CC2)c1)c1ccccc1F. The molecule has 136 valence electrons. The van der Waals surface area contributed by atoms with E-state index in [0.29, 0.717) is 5.69 Å². The Balaban J connectivity index is 1.39. The van der Waals surface area contributed by atoms with Gasteiger partial charge in [-0.1, -0.05) is 18.2 Å². The minimum absolute atomic E-state index is 0.0617. The van der Waals surface area contributed by atoms with Crippen LogP contribution >= 0.6 is 0 Å². The highest BCUT2D eigenvalue weighted by atomic mass is 19.1. The third-order valence-electron chi connectivity index (χ3n) is 5.17. The van der Waals surface area contributed by atoms with Gasteiger partial charge in [0, 0.05) is 44.1 Å². The standard InChI is InChI=1S/C21H24FN3O/c22-20-7-2-1-6-19(20)21(26)23-17-4-3-5-18(14-17)25-12-10-24(11-13-25)15-16-8-9-16/h1-7,14,16H,8-13,15H2,(H,23,26). The van der Waals surface area contributed by atoms with Crippen LogP contribution in [0.25, 0.3) is 0 Å². The second-order valence-electron chi connectivity index (χ2n) is 7.22. The third kappa shape index (κ3) is 4.05. The molecule has 1 N–H and O–H groups in total. The zero-order chi connectivity index (χ0) is 17.9. The van der Waals surface area contributed by atoms with E-state index >= 15 is 0 Å². The van der Waals surface area contributed by atoms with Crippen molar-refractivity contribution in [2.24, 2.45) is 5.92 Å². The molecular formula is C21H24FN3O. The minimum atomic E-state index is -0.507. The van der Waals surface area contributed by atoms with E-state index in [2.05, 4.69) is 21.2 Å². The summed E-state index contributed by atoms with van der Waals surface area (Å²) in [5.41, 5.74) is 1.85. The lowest BCUT2D eigenvalue weighted by Crippen LogP contribution is -2.47. The van der Waals surface area contributed by atoms with Gasteiger partial charge < -0.3 is 10.2 Å². The Bertz CT molecular complexity index is 782. The predicted molar refractivity (Wildman–Crippen MR) is 102 cm³/mol. The van der Waals surface area contributed by atoms with Crippen molar-refractivity contribution in [2.45, 2.75) is 12.8 Å². The summed E-state index contributed by atoms with van der Waals surface area (Å²) >= 11 is 0. The van der Waals surface area contributed by atoms with E-state index in [1.807, 2.05) is 18.2 Å². The Morgan fingerprint density at radius 2 is 1.81 bits per heavy atom. The van der Waals surface area contributed by atoms with Crippen LogP contribution in [-0.2, 0) is 0 Å². The summed E-state index contributed by atoms with van der Waals surface area (Å²) in [5, 5.41) is 2.81. The molecule has 5 heteroatoms. The van der Waals surface area contributed by atoms with E-state index < -0.39 is 11.7 Å². The summed E-state index contributed by atoms with van der Waals surface area (Å²) in [6, 6.07) is 13.8. The van der Waals surface area contributed by atoms with E-state index in [9.17, 15) is 9.18 Å². The van der Waals surface area contributed by atoms with E-state index in [4.69, 9.17) is 0 Å². The van der Waals surface area contributed by atoms with Crippen molar-refractivity contribution in [3.05, 3.63) is 59.9 Å². The molecule has 4 nitrogen and oxygen atoms in total. The number of carbonyl (C=O) groups excluding carboxylic acids is 1. The zero-order valence-electron chi connectivity index (χ0n) is 14.8. The van der Waals surface area contributed by atoms with Crippen molar-refractivity contribution < 1.29 is 9.18 Å². The molecule has 0 atom stereocenters. The molecule has 0 unspecified atom stereocenters. The summed E-state index contributed by atoms with van der Waals surface area (Å²) in [7, 11) is 0. The molecule has 1 saturated heterocycles. The smallest absolute Gasteiger partial charge is 0.258 e. The first-order valence-corrected chi connectivity index (χ1v) is 9.32. The summed E-state index contributed by atoms with van der Waals surface area (Å²) in [6.07, 6.45) is 2.79. The molecule has 0 radical (unpaired) electrons. The van der Waals surface area contributed by atoms with Crippen LogP contribution in [0, 0.1) is 11.7 Å². The van der Waals surface area contributed by atoms with Gasteiger partial charge in [0.05, 0.1) is 5.56 Å². The maximum Gasteiger partial charge on any atom is 0.258 e. The normalized spacial score (nSPS) is 18.0. The summed E-state index contributed by atoms with van der Waals surface area (Å²) in [5.74, 6) is 0.000847. The van der Waals surface area contributed by atoms with Gasteiger partial charge in [0.25, 0.3) is 5.91 Å². The lowest BCUT2D eigenvalue weighted by molar-refractivity contribution is 0.102. The van der Waals surface area contributed by atoms with Crippen molar-refractivity contribution in [3.8, 4) is 0 Å².